The molecule has 0 bridgehead atoms. The largest absolute Gasteiger partial charge is 0.463 e. The monoisotopic (exact) mass is 490 g/mol. The fraction of sp³-hybridized carbons (Fsp3) is 0.138. The van der Waals surface area contributed by atoms with Crippen molar-refractivity contribution in [2.75, 3.05) is 0 Å². The molecule has 0 spiro atoms. The minimum absolute atomic E-state index is 0.316. The third-order valence-corrected chi connectivity index (χ3v) is 5.83. The van der Waals surface area contributed by atoms with Crippen LogP contribution in [0, 0.1) is 13.8 Å². The van der Waals surface area contributed by atoms with Crippen molar-refractivity contribution < 1.29 is 9.53 Å². The Morgan fingerprint density at radius 2 is 1.62 bits per heavy atom. The number of carbonyl (C=O) groups is 1. The Labute approximate surface area is 214 Å². The molecule has 1 atom stereocenters. The molecule has 0 fully saturated rings. The van der Waals surface area contributed by atoms with Gasteiger partial charge in [-0.15, -0.1) is 0 Å². The fourth-order valence-corrected chi connectivity index (χ4v) is 3.79. The van der Waals surface area contributed by atoms with Crippen molar-refractivity contribution in [3.05, 3.63) is 102 Å². The number of ether oxygens (including phenoxy) is 1. The number of aryl methyl sites for hydroxylation is 2. The molecule has 0 aliphatic carbocycles. The van der Waals surface area contributed by atoms with Gasteiger partial charge in [-0.2, -0.15) is 10.2 Å². The molecule has 5 rings (SSSR count). The maximum absolute atomic E-state index is 12.7. The number of aromatic nitrogens is 4. The van der Waals surface area contributed by atoms with Crippen LogP contribution in [0.25, 0.3) is 28.0 Å². The number of hydrazone groups is 1. The lowest BCUT2D eigenvalue weighted by molar-refractivity contribution is -0.127. The van der Waals surface area contributed by atoms with Crippen LogP contribution in [0.15, 0.2) is 90.2 Å². The molecule has 37 heavy (non-hydrogen) atoms. The zero-order valence-corrected chi connectivity index (χ0v) is 20.8. The zero-order valence-electron chi connectivity index (χ0n) is 20.8. The van der Waals surface area contributed by atoms with Crippen LogP contribution >= 0.6 is 0 Å². The van der Waals surface area contributed by atoms with Crippen LogP contribution < -0.4 is 10.2 Å². The molecule has 1 unspecified atom stereocenters. The number of rotatable bonds is 7. The number of fused-ring (bicyclic) bond motifs is 1. The highest BCUT2D eigenvalue weighted by atomic mass is 16.5. The number of hydrogen-bond acceptors (Lipinski definition) is 6. The first kappa shape index (κ1) is 23.9. The summed E-state index contributed by atoms with van der Waals surface area (Å²) in [5.74, 6) is -0.0888. The molecule has 8 heteroatoms. The molecule has 0 saturated heterocycles. The van der Waals surface area contributed by atoms with Crippen molar-refractivity contribution in [2.24, 2.45) is 5.10 Å². The first-order valence-corrected chi connectivity index (χ1v) is 11.9. The predicted octanol–water partition coefficient (Wildman–Crippen LogP) is 5.02. The molecule has 2 heterocycles. The molecule has 0 aliphatic heterocycles. The van der Waals surface area contributed by atoms with Gasteiger partial charge in [-0.3, -0.25) is 4.79 Å². The number of para-hydroxylation sites is 3. The van der Waals surface area contributed by atoms with Crippen LogP contribution in [-0.2, 0) is 4.79 Å². The molecule has 3 aromatic carbocycles. The maximum Gasteiger partial charge on any atom is 0.280 e. The van der Waals surface area contributed by atoms with E-state index in [-0.39, 0.29) is 0 Å². The Bertz CT molecular complexity index is 1580. The van der Waals surface area contributed by atoms with E-state index in [0.717, 1.165) is 33.6 Å². The third-order valence-electron chi connectivity index (χ3n) is 5.83. The van der Waals surface area contributed by atoms with Crippen molar-refractivity contribution in [1.29, 1.82) is 0 Å². The summed E-state index contributed by atoms with van der Waals surface area (Å²) < 4.78 is 7.60. The van der Waals surface area contributed by atoms with Gasteiger partial charge in [0.25, 0.3) is 5.91 Å². The van der Waals surface area contributed by atoms with Gasteiger partial charge in [0.1, 0.15) is 11.4 Å². The van der Waals surface area contributed by atoms with E-state index in [9.17, 15) is 4.79 Å². The van der Waals surface area contributed by atoms with E-state index in [4.69, 9.17) is 9.84 Å². The van der Waals surface area contributed by atoms with Crippen molar-refractivity contribution in [2.45, 2.75) is 26.9 Å². The number of carbonyl (C=O) groups excluding carboxylic acids is 1. The summed E-state index contributed by atoms with van der Waals surface area (Å²) in [5.41, 5.74) is 9.21. The van der Waals surface area contributed by atoms with Gasteiger partial charge in [-0.05, 0) is 45.0 Å². The molecule has 1 amide bonds. The molecular formula is C29H26N6O2. The normalized spacial score (nSPS) is 12.1. The van der Waals surface area contributed by atoms with E-state index < -0.39 is 12.0 Å². The molecule has 2 aromatic heterocycles. The second-order valence-electron chi connectivity index (χ2n) is 8.68. The Kier molecular flexibility index (Phi) is 6.72. The summed E-state index contributed by atoms with van der Waals surface area (Å²) in [7, 11) is 0. The molecule has 0 saturated carbocycles. The van der Waals surface area contributed by atoms with Gasteiger partial charge in [0.15, 0.2) is 6.10 Å². The highest BCUT2D eigenvalue weighted by Crippen LogP contribution is 2.23. The number of nitrogens with one attached hydrogen (secondary N) is 1. The quantitative estimate of drug-likeness (QED) is 0.255. The van der Waals surface area contributed by atoms with E-state index >= 15 is 0 Å². The van der Waals surface area contributed by atoms with E-state index in [1.807, 2.05) is 92.0 Å². The number of benzene rings is 3. The highest BCUT2D eigenvalue weighted by Gasteiger charge is 2.17. The lowest BCUT2D eigenvalue weighted by Gasteiger charge is -2.14. The van der Waals surface area contributed by atoms with E-state index in [1.165, 1.54) is 0 Å². The molecular weight excluding hydrogens is 464 g/mol. The fourth-order valence-electron chi connectivity index (χ4n) is 3.79. The molecule has 184 valence electrons. The average molecular weight is 491 g/mol. The van der Waals surface area contributed by atoms with Crippen LogP contribution in [0.4, 0.5) is 0 Å². The van der Waals surface area contributed by atoms with Crippen molar-refractivity contribution in [1.82, 2.24) is 25.2 Å². The average Bonchev–Trinajstić information content (AvgIpc) is 3.34. The van der Waals surface area contributed by atoms with Gasteiger partial charge in [0.2, 0.25) is 5.88 Å². The van der Waals surface area contributed by atoms with Crippen LogP contribution in [0.5, 0.6) is 5.88 Å². The van der Waals surface area contributed by atoms with Gasteiger partial charge in [0, 0.05) is 17.3 Å². The van der Waals surface area contributed by atoms with Gasteiger partial charge < -0.3 is 4.74 Å². The first-order chi connectivity index (χ1) is 18.0. The van der Waals surface area contributed by atoms with Crippen LogP contribution in [-0.4, -0.2) is 38.0 Å². The molecule has 0 radical (unpaired) electrons. The van der Waals surface area contributed by atoms with Gasteiger partial charge in [-0.25, -0.2) is 20.1 Å². The van der Waals surface area contributed by atoms with Gasteiger partial charge >= 0.3 is 0 Å². The van der Waals surface area contributed by atoms with E-state index in [2.05, 4.69) is 20.5 Å². The first-order valence-electron chi connectivity index (χ1n) is 11.9. The van der Waals surface area contributed by atoms with E-state index in [0.29, 0.717) is 17.1 Å². The van der Waals surface area contributed by atoms with Crippen molar-refractivity contribution in [3.8, 4) is 22.8 Å². The summed E-state index contributed by atoms with van der Waals surface area (Å²) in [6, 6.07) is 25.5. The summed E-state index contributed by atoms with van der Waals surface area (Å²) >= 11 is 0. The number of amides is 1. The summed E-state index contributed by atoms with van der Waals surface area (Å²) in [6.45, 7) is 5.49. The van der Waals surface area contributed by atoms with Crippen LogP contribution in [0.1, 0.15) is 23.7 Å². The lowest BCUT2D eigenvalue weighted by Crippen LogP contribution is -2.33. The van der Waals surface area contributed by atoms with Crippen molar-refractivity contribution in [3.63, 3.8) is 0 Å². The Balaban J connectivity index is 1.33. The van der Waals surface area contributed by atoms with Gasteiger partial charge in [-0.1, -0.05) is 60.2 Å². The Hall–Kier alpha value is -4.85. The minimum Gasteiger partial charge on any atom is -0.463 e. The second-order valence-corrected chi connectivity index (χ2v) is 8.68. The van der Waals surface area contributed by atoms with Crippen molar-refractivity contribution >= 4 is 23.2 Å². The van der Waals surface area contributed by atoms with E-state index in [1.54, 1.807) is 24.7 Å². The molecule has 1 N–H and O–H groups in total. The molecule has 5 aromatic rings. The third kappa shape index (κ3) is 5.38. The SMILES string of the molecule is Cc1ccc(-c2nn(-c3ccccc3)cc2C=NNC(=O)C(C)Oc2nc3ccccc3nc2C)cc1. The lowest BCUT2D eigenvalue weighted by atomic mass is 10.1. The minimum atomic E-state index is -0.824. The topological polar surface area (TPSA) is 94.3 Å². The highest BCUT2D eigenvalue weighted by molar-refractivity contribution is 5.90. The zero-order chi connectivity index (χ0) is 25.8. The number of nitrogens with zero attached hydrogens (tertiary/aromatic N) is 5. The Morgan fingerprint density at radius 1 is 0.946 bits per heavy atom. The summed E-state index contributed by atoms with van der Waals surface area (Å²) in [5, 5.41) is 8.97. The number of hydrogen-bond donors (Lipinski definition) is 1. The molecule has 0 aliphatic rings. The molecule has 8 nitrogen and oxygen atoms in total. The van der Waals surface area contributed by atoms with Crippen LogP contribution in [0.2, 0.25) is 0 Å². The van der Waals surface area contributed by atoms with Gasteiger partial charge in [0.05, 0.1) is 22.9 Å². The summed E-state index contributed by atoms with van der Waals surface area (Å²) in [4.78, 5) is 21.7. The van der Waals surface area contributed by atoms with Crippen LogP contribution in [0.3, 0.4) is 0 Å². The second kappa shape index (κ2) is 10.4. The predicted molar refractivity (Wildman–Crippen MR) is 144 cm³/mol. The maximum atomic E-state index is 12.7. The Morgan fingerprint density at radius 3 is 2.35 bits per heavy atom. The standard InChI is InChI=1S/C29H26N6O2/c1-19-13-15-22(16-14-19)27-23(18-35(34-27)24-9-5-4-6-10-24)17-30-33-28(36)21(3)37-29-20(2)31-25-11-7-8-12-26(25)32-29/h4-18,21H,1-3H3,(H,33,36). The smallest absolute Gasteiger partial charge is 0.280 e. The summed E-state index contributed by atoms with van der Waals surface area (Å²) in [6.07, 6.45) is 2.65.